The smallest absolute Gasteiger partial charge is 0.378 e. The molecule has 0 radical (unpaired) electrons. The average molecular weight is 384 g/mol. The van der Waals surface area contributed by atoms with Crippen molar-refractivity contribution in [1.29, 1.82) is 0 Å². The second-order valence-electron chi connectivity index (χ2n) is 5.32. The standard InChI is InChI=1S/C15H17N2O8P/c1-3-4-5-6-10-8-17(15(19)16-14(10)18)13-7-11(23-2)12(25-13)9-24-26(20,21)22/h1,8,11-13H,4,7,9H2,2H3,(H,16,18,19)(H2,20,21,22)/t11?,12-,13-/m1/s1. The monoisotopic (exact) mass is 384 g/mol. The highest BCUT2D eigenvalue weighted by atomic mass is 31.2. The summed E-state index contributed by atoms with van der Waals surface area (Å²) in [5, 5.41) is 0. The quantitative estimate of drug-likeness (QED) is 0.448. The Labute approximate surface area is 148 Å². The summed E-state index contributed by atoms with van der Waals surface area (Å²) in [5.41, 5.74) is -1.33. The van der Waals surface area contributed by atoms with Crippen LogP contribution >= 0.6 is 7.82 Å². The van der Waals surface area contributed by atoms with Crippen molar-refractivity contribution >= 4 is 7.82 Å². The third-order valence-electron chi connectivity index (χ3n) is 3.58. The lowest BCUT2D eigenvalue weighted by atomic mass is 10.2. The molecule has 0 aliphatic carbocycles. The van der Waals surface area contributed by atoms with Crippen molar-refractivity contribution in [3.05, 3.63) is 32.6 Å². The molecule has 1 saturated heterocycles. The fraction of sp³-hybridized carbons (Fsp3) is 0.467. The Morgan fingerprint density at radius 3 is 2.85 bits per heavy atom. The summed E-state index contributed by atoms with van der Waals surface area (Å²) < 4.78 is 27.3. The van der Waals surface area contributed by atoms with E-state index in [1.165, 1.54) is 13.3 Å². The molecule has 3 atom stereocenters. The molecule has 140 valence electrons. The molecule has 0 aromatic carbocycles. The molecular formula is C15H17N2O8P. The molecule has 1 aromatic rings. The molecule has 11 heteroatoms. The van der Waals surface area contributed by atoms with Crippen LogP contribution in [0.2, 0.25) is 0 Å². The Bertz CT molecular complexity index is 913. The highest BCUT2D eigenvalue weighted by molar-refractivity contribution is 7.46. The summed E-state index contributed by atoms with van der Waals surface area (Å²) in [6.07, 6.45) is 4.48. The van der Waals surface area contributed by atoms with Gasteiger partial charge in [-0.15, -0.1) is 6.42 Å². The Morgan fingerprint density at radius 1 is 1.50 bits per heavy atom. The number of phosphoric acid groups is 1. The van der Waals surface area contributed by atoms with Crippen LogP contribution in [-0.4, -0.2) is 45.3 Å². The topological polar surface area (TPSA) is 140 Å². The van der Waals surface area contributed by atoms with Gasteiger partial charge in [0.25, 0.3) is 5.56 Å². The molecule has 1 aliphatic heterocycles. The fourth-order valence-corrected chi connectivity index (χ4v) is 2.76. The van der Waals surface area contributed by atoms with Crippen LogP contribution in [0.15, 0.2) is 15.8 Å². The van der Waals surface area contributed by atoms with E-state index in [9.17, 15) is 14.2 Å². The lowest BCUT2D eigenvalue weighted by Gasteiger charge is -2.17. The number of hydrogen-bond donors (Lipinski definition) is 3. The van der Waals surface area contributed by atoms with E-state index < -0.39 is 44.1 Å². The second-order valence-corrected chi connectivity index (χ2v) is 6.56. The van der Waals surface area contributed by atoms with Gasteiger partial charge in [-0.05, 0) is 0 Å². The third kappa shape index (κ3) is 5.16. The minimum atomic E-state index is -4.67. The molecule has 1 aliphatic rings. The summed E-state index contributed by atoms with van der Waals surface area (Å²) in [6.45, 7) is -0.424. The molecular weight excluding hydrogens is 367 g/mol. The van der Waals surface area contributed by atoms with Gasteiger partial charge in [-0.3, -0.25) is 18.9 Å². The van der Waals surface area contributed by atoms with Gasteiger partial charge in [0.1, 0.15) is 17.9 Å². The number of rotatable bonds is 5. The van der Waals surface area contributed by atoms with Gasteiger partial charge in [-0.25, -0.2) is 9.36 Å². The summed E-state index contributed by atoms with van der Waals surface area (Å²) >= 11 is 0. The second kappa shape index (κ2) is 8.47. The zero-order chi connectivity index (χ0) is 19.3. The lowest BCUT2D eigenvalue weighted by molar-refractivity contribution is -0.0526. The first-order valence-corrected chi connectivity index (χ1v) is 8.94. The lowest BCUT2D eigenvalue weighted by Crippen LogP contribution is -2.33. The van der Waals surface area contributed by atoms with E-state index in [0.717, 1.165) is 4.57 Å². The van der Waals surface area contributed by atoms with E-state index in [1.807, 2.05) is 0 Å². The van der Waals surface area contributed by atoms with Crippen LogP contribution < -0.4 is 11.2 Å². The van der Waals surface area contributed by atoms with Crippen LogP contribution in [0.3, 0.4) is 0 Å². The molecule has 26 heavy (non-hydrogen) atoms. The van der Waals surface area contributed by atoms with Crippen LogP contribution in [0.5, 0.6) is 0 Å². The van der Waals surface area contributed by atoms with Gasteiger partial charge in [0.2, 0.25) is 0 Å². The van der Waals surface area contributed by atoms with E-state index in [2.05, 4.69) is 27.3 Å². The minimum absolute atomic E-state index is 0.0346. The van der Waals surface area contributed by atoms with Gasteiger partial charge >= 0.3 is 13.5 Å². The SMILES string of the molecule is C#CCC#Cc1cn([C@H]2CC(OC)[C@@H](COP(=O)(O)O)O2)c(=O)[nH]c1=O. The molecule has 1 fully saturated rings. The first kappa shape index (κ1) is 20.1. The van der Waals surface area contributed by atoms with Crippen molar-refractivity contribution < 1.29 is 28.3 Å². The number of aromatic nitrogens is 2. The number of phosphoric ester groups is 1. The largest absolute Gasteiger partial charge is 0.469 e. The van der Waals surface area contributed by atoms with Crippen molar-refractivity contribution in [3.63, 3.8) is 0 Å². The summed E-state index contributed by atoms with van der Waals surface area (Å²) in [7, 11) is -3.28. The zero-order valence-electron chi connectivity index (χ0n) is 13.7. The Hall–Kier alpha value is -2.17. The van der Waals surface area contributed by atoms with Gasteiger partial charge in [0.05, 0.1) is 19.1 Å². The highest BCUT2D eigenvalue weighted by Gasteiger charge is 2.38. The number of H-pyrrole nitrogens is 1. The van der Waals surface area contributed by atoms with Gasteiger partial charge in [-0.1, -0.05) is 17.8 Å². The molecule has 0 bridgehead atoms. The number of hydrogen-bond acceptors (Lipinski definition) is 6. The van der Waals surface area contributed by atoms with E-state index >= 15 is 0 Å². The van der Waals surface area contributed by atoms with E-state index in [1.54, 1.807) is 0 Å². The van der Waals surface area contributed by atoms with Gasteiger partial charge in [0.15, 0.2) is 0 Å². The third-order valence-corrected chi connectivity index (χ3v) is 4.07. The number of methoxy groups -OCH3 is 1. The predicted octanol–water partition coefficient (Wildman–Crippen LogP) is -0.677. The van der Waals surface area contributed by atoms with E-state index in [-0.39, 0.29) is 18.4 Å². The molecule has 2 rings (SSSR count). The van der Waals surface area contributed by atoms with Gasteiger partial charge < -0.3 is 19.3 Å². The zero-order valence-corrected chi connectivity index (χ0v) is 14.6. The number of nitrogens with one attached hydrogen (secondary N) is 1. The van der Waals surface area contributed by atoms with Gasteiger partial charge in [0, 0.05) is 19.7 Å². The molecule has 0 saturated carbocycles. The molecule has 1 aromatic heterocycles. The Balaban J connectivity index is 2.26. The van der Waals surface area contributed by atoms with Crippen LogP contribution in [-0.2, 0) is 18.6 Å². The predicted molar refractivity (Wildman–Crippen MR) is 89.0 cm³/mol. The van der Waals surface area contributed by atoms with Crippen LogP contribution in [0.4, 0.5) is 0 Å². The number of terminal acetylenes is 1. The van der Waals surface area contributed by atoms with Crippen molar-refractivity contribution in [2.45, 2.75) is 31.3 Å². The Kier molecular flexibility index (Phi) is 6.57. The molecule has 3 N–H and O–H groups in total. The first-order chi connectivity index (χ1) is 12.2. The average Bonchev–Trinajstić information content (AvgIpc) is 2.97. The summed E-state index contributed by atoms with van der Waals surface area (Å²) in [6, 6.07) is 0. The molecule has 0 amide bonds. The van der Waals surface area contributed by atoms with Crippen molar-refractivity contribution in [2.24, 2.45) is 0 Å². The minimum Gasteiger partial charge on any atom is -0.378 e. The number of ether oxygens (including phenoxy) is 2. The Morgan fingerprint density at radius 2 is 2.23 bits per heavy atom. The molecule has 1 unspecified atom stereocenters. The fourth-order valence-electron chi connectivity index (χ4n) is 2.42. The van der Waals surface area contributed by atoms with E-state index in [0.29, 0.717) is 0 Å². The number of nitrogens with zero attached hydrogens (tertiary/aromatic N) is 1. The summed E-state index contributed by atoms with van der Waals surface area (Å²) in [4.78, 5) is 43.6. The molecule has 0 spiro atoms. The van der Waals surface area contributed by atoms with Crippen LogP contribution in [0.25, 0.3) is 0 Å². The van der Waals surface area contributed by atoms with Crippen molar-refractivity contribution in [1.82, 2.24) is 9.55 Å². The number of aromatic amines is 1. The maximum absolute atomic E-state index is 12.1. The highest BCUT2D eigenvalue weighted by Crippen LogP contribution is 2.38. The first-order valence-electron chi connectivity index (χ1n) is 7.41. The maximum atomic E-state index is 12.1. The molecule has 2 heterocycles. The maximum Gasteiger partial charge on any atom is 0.469 e. The van der Waals surface area contributed by atoms with Gasteiger partial charge in [-0.2, -0.15) is 0 Å². The molecule has 10 nitrogen and oxygen atoms in total. The van der Waals surface area contributed by atoms with Crippen LogP contribution in [0.1, 0.15) is 24.6 Å². The van der Waals surface area contributed by atoms with Crippen molar-refractivity contribution in [2.75, 3.05) is 13.7 Å². The van der Waals surface area contributed by atoms with Crippen LogP contribution in [0, 0.1) is 24.2 Å². The van der Waals surface area contributed by atoms with E-state index in [4.69, 9.17) is 25.7 Å². The normalized spacial score (nSPS) is 22.5. The van der Waals surface area contributed by atoms with Crippen molar-refractivity contribution in [3.8, 4) is 24.2 Å². The summed E-state index contributed by atoms with van der Waals surface area (Å²) in [5.74, 6) is 7.49.